The summed E-state index contributed by atoms with van der Waals surface area (Å²) in [7, 11) is 1.15. The summed E-state index contributed by atoms with van der Waals surface area (Å²) in [6.07, 6.45) is -0.775. The molecule has 1 atom stereocenters. The number of hydrogen-bond acceptors (Lipinski definition) is 6. The number of amides is 1. The molecule has 0 spiro atoms. The highest BCUT2D eigenvalue weighted by molar-refractivity contribution is 6.11. The van der Waals surface area contributed by atoms with Crippen LogP contribution in [-0.2, 0) is 19.1 Å². The summed E-state index contributed by atoms with van der Waals surface area (Å²) in [5, 5.41) is 10.0. The average Bonchev–Trinajstić information content (AvgIpc) is 2.53. The Morgan fingerprint density at radius 2 is 1.94 bits per heavy atom. The van der Waals surface area contributed by atoms with E-state index in [-0.39, 0.29) is 6.54 Å². The Hall–Kier alpha value is -1.63. The second kappa shape index (κ2) is 4.56. The van der Waals surface area contributed by atoms with Crippen LogP contribution in [0.2, 0.25) is 0 Å². The molecule has 0 saturated carbocycles. The van der Waals surface area contributed by atoms with E-state index in [1.54, 1.807) is 20.8 Å². The van der Waals surface area contributed by atoms with Crippen LogP contribution in [0.15, 0.2) is 0 Å². The van der Waals surface area contributed by atoms with Crippen molar-refractivity contribution in [2.24, 2.45) is 0 Å². The van der Waals surface area contributed by atoms with E-state index in [0.717, 1.165) is 12.0 Å². The fraction of sp³-hybridized carbons (Fsp3) is 0.727. The van der Waals surface area contributed by atoms with Crippen molar-refractivity contribution in [1.82, 2.24) is 4.90 Å². The van der Waals surface area contributed by atoms with Crippen LogP contribution in [0.1, 0.15) is 20.8 Å². The largest absolute Gasteiger partial charge is 0.457 e. The number of nitrogens with zero attached hydrogens (tertiary/aromatic N) is 1. The molecule has 1 aliphatic heterocycles. The van der Waals surface area contributed by atoms with E-state index in [0.29, 0.717) is 0 Å². The molecule has 1 heterocycles. The Balaban J connectivity index is 2.84. The molecule has 0 unspecified atom stereocenters. The third-order valence-electron chi connectivity index (χ3n) is 2.38. The SMILES string of the molecule is COC(=O)N1CC(=O)[C@](O)(C(=O)OC(C)(C)C)C1. The molecular formula is C11H17NO6. The molecule has 0 bridgehead atoms. The van der Waals surface area contributed by atoms with Gasteiger partial charge in [-0.2, -0.15) is 0 Å². The van der Waals surface area contributed by atoms with Crippen LogP contribution < -0.4 is 0 Å². The third-order valence-corrected chi connectivity index (χ3v) is 2.38. The minimum atomic E-state index is -2.30. The molecule has 0 aromatic heterocycles. The molecule has 1 saturated heterocycles. The Morgan fingerprint density at radius 1 is 1.39 bits per heavy atom. The van der Waals surface area contributed by atoms with Gasteiger partial charge in [0.05, 0.1) is 20.2 Å². The minimum Gasteiger partial charge on any atom is -0.457 e. The van der Waals surface area contributed by atoms with Gasteiger partial charge >= 0.3 is 12.1 Å². The Kier molecular flexibility index (Phi) is 3.66. The van der Waals surface area contributed by atoms with Crippen molar-refractivity contribution in [3.8, 4) is 0 Å². The van der Waals surface area contributed by atoms with E-state index in [2.05, 4.69) is 4.74 Å². The van der Waals surface area contributed by atoms with Crippen molar-refractivity contribution in [2.75, 3.05) is 20.2 Å². The lowest BCUT2D eigenvalue weighted by Gasteiger charge is -2.26. The average molecular weight is 259 g/mol. The highest BCUT2D eigenvalue weighted by Crippen LogP contribution is 2.22. The zero-order valence-electron chi connectivity index (χ0n) is 10.8. The normalized spacial score (nSPS) is 24.1. The van der Waals surface area contributed by atoms with Crippen molar-refractivity contribution < 1.29 is 29.0 Å². The second-order valence-corrected chi connectivity index (χ2v) is 5.11. The zero-order valence-corrected chi connectivity index (χ0v) is 10.8. The number of likely N-dealkylation sites (tertiary alicyclic amines) is 1. The number of ether oxygens (including phenoxy) is 2. The van der Waals surface area contributed by atoms with Gasteiger partial charge in [-0.1, -0.05) is 0 Å². The first-order valence-corrected chi connectivity index (χ1v) is 5.42. The van der Waals surface area contributed by atoms with Crippen LogP contribution in [0.25, 0.3) is 0 Å². The van der Waals surface area contributed by atoms with E-state index in [1.165, 1.54) is 0 Å². The molecule has 0 aliphatic carbocycles. The number of carbonyl (C=O) groups excluding carboxylic acids is 3. The number of Topliss-reactive ketones (excluding diaryl/α,β-unsaturated/α-hetero) is 1. The van der Waals surface area contributed by atoms with E-state index in [1.807, 2.05) is 0 Å². The van der Waals surface area contributed by atoms with Crippen molar-refractivity contribution in [3.05, 3.63) is 0 Å². The van der Waals surface area contributed by atoms with Gasteiger partial charge in [-0.3, -0.25) is 9.69 Å². The molecule has 7 heteroatoms. The quantitative estimate of drug-likeness (QED) is 0.514. The zero-order chi connectivity index (χ0) is 14.1. The minimum absolute atomic E-state index is 0.373. The number of aliphatic hydroxyl groups is 1. The summed E-state index contributed by atoms with van der Waals surface area (Å²) >= 11 is 0. The van der Waals surface area contributed by atoms with Gasteiger partial charge in [0.2, 0.25) is 5.60 Å². The maximum Gasteiger partial charge on any atom is 0.410 e. The first-order chi connectivity index (χ1) is 8.10. The summed E-state index contributed by atoms with van der Waals surface area (Å²) in [6.45, 7) is 4.03. The summed E-state index contributed by atoms with van der Waals surface area (Å²) in [4.78, 5) is 35.6. The number of ketones is 1. The van der Waals surface area contributed by atoms with E-state index < -0.39 is 35.6 Å². The summed E-state index contributed by atoms with van der Waals surface area (Å²) in [5.41, 5.74) is -3.13. The van der Waals surface area contributed by atoms with Crippen LogP contribution in [-0.4, -0.2) is 59.3 Å². The lowest BCUT2D eigenvalue weighted by molar-refractivity contribution is -0.177. The van der Waals surface area contributed by atoms with Crippen LogP contribution in [0.3, 0.4) is 0 Å². The Bertz CT molecular complexity index is 385. The monoisotopic (exact) mass is 259 g/mol. The predicted molar refractivity (Wildman–Crippen MR) is 59.8 cm³/mol. The van der Waals surface area contributed by atoms with Gasteiger partial charge in [-0.25, -0.2) is 9.59 Å². The molecule has 1 rings (SSSR count). The van der Waals surface area contributed by atoms with Gasteiger partial charge in [0, 0.05) is 0 Å². The number of β-amino-alcohol motifs (C(OH)–C–C–N with tert-alkyl or cyclic N) is 1. The first kappa shape index (κ1) is 14.4. The predicted octanol–water partition coefficient (Wildman–Crippen LogP) is -0.290. The van der Waals surface area contributed by atoms with Crippen LogP contribution in [0, 0.1) is 0 Å². The molecule has 0 aromatic rings. The summed E-state index contributed by atoms with van der Waals surface area (Å²) < 4.78 is 9.40. The molecule has 1 N–H and O–H groups in total. The van der Waals surface area contributed by atoms with Crippen molar-refractivity contribution in [1.29, 1.82) is 0 Å². The third kappa shape index (κ3) is 2.79. The van der Waals surface area contributed by atoms with Crippen LogP contribution in [0.4, 0.5) is 4.79 Å². The maximum atomic E-state index is 11.8. The highest BCUT2D eigenvalue weighted by atomic mass is 16.6. The summed E-state index contributed by atoms with van der Waals surface area (Å²) in [5.74, 6) is -1.83. The molecule has 1 aliphatic rings. The molecule has 1 fully saturated rings. The molecule has 0 radical (unpaired) electrons. The number of esters is 1. The van der Waals surface area contributed by atoms with E-state index in [9.17, 15) is 19.5 Å². The van der Waals surface area contributed by atoms with Gasteiger partial charge in [0.1, 0.15) is 5.60 Å². The lowest BCUT2D eigenvalue weighted by Crippen LogP contribution is -2.50. The fourth-order valence-corrected chi connectivity index (χ4v) is 1.52. The number of carbonyl (C=O) groups is 3. The standard InChI is InChI=1S/C11H17NO6/c1-10(2,3)18-8(14)11(16)6-12(5-7(11)13)9(15)17-4/h16H,5-6H2,1-4H3/t11-/m0/s1. The van der Waals surface area contributed by atoms with Gasteiger partial charge < -0.3 is 14.6 Å². The molecule has 18 heavy (non-hydrogen) atoms. The topological polar surface area (TPSA) is 93.1 Å². The Morgan fingerprint density at radius 3 is 2.39 bits per heavy atom. The van der Waals surface area contributed by atoms with Crippen molar-refractivity contribution in [3.63, 3.8) is 0 Å². The first-order valence-electron chi connectivity index (χ1n) is 5.42. The number of rotatable bonds is 1. The van der Waals surface area contributed by atoms with Crippen LogP contribution in [0.5, 0.6) is 0 Å². The van der Waals surface area contributed by atoms with Gasteiger partial charge in [0.25, 0.3) is 0 Å². The van der Waals surface area contributed by atoms with Crippen molar-refractivity contribution >= 4 is 17.8 Å². The smallest absolute Gasteiger partial charge is 0.410 e. The lowest BCUT2D eigenvalue weighted by atomic mass is 10.0. The highest BCUT2D eigenvalue weighted by Gasteiger charge is 2.54. The van der Waals surface area contributed by atoms with Gasteiger partial charge in [-0.05, 0) is 20.8 Å². The molecule has 102 valence electrons. The molecule has 1 amide bonds. The van der Waals surface area contributed by atoms with Crippen LogP contribution >= 0.6 is 0 Å². The number of hydrogen-bond donors (Lipinski definition) is 1. The summed E-state index contributed by atoms with van der Waals surface area (Å²) in [6, 6.07) is 0. The van der Waals surface area contributed by atoms with Gasteiger partial charge in [-0.15, -0.1) is 0 Å². The fourth-order valence-electron chi connectivity index (χ4n) is 1.52. The molecule has 7 nitrogen and oxygen atoms in total. The molecular weight excluding hydrogens is 242 g/mol. The number of methoxy groups -OCH3 is 1. The van der Waals surface area contributed by atoms with Gasteiger partial charge in [0.15, 0.2) is 5.78 Å². The maximum absolute atomic E-state index is 11.8. The molecule has 0 aromatic carbocycles. The van der Waals surface area contributed by atoms with E-state index in [4.69, 9.17) is 4.74 Å². The van der Waals surface area contributed by atoms with Crippen molar-refractivity contribution in [2.45, 2.75) is 32.0 Å². The second-order valence-electron chi connectivity index (χ2n) is 5.11. The van der Waals surface area contributed by atoms with E-state index >= 15 is 0 Å². The Labute approximate surface area is 105 Å².